The number of nitrogens with one attached hydrogen (secondary N) is 1. The number of rotatable bonds is 10. The first kappa shape index (κ1) is 24.2. The maximum atomic E-state index is 12.8. The predicted octanol–water partition coefficient (Wildman–Crippen LogP) is 4.46. The lowest BCUT2D eigenvalue weighted by Gasteiger charge is -2.19. The molecule has 2 rings (SSSR count). The van der Waals surface area contributed by atoms with Crippen molar-refractivity contribution in [1.29, 1.82) is 0 Å². The van der Waals surface area contributed by atoms with E-state index in [1.807, 2.05) is 0 Å². The van der Waals surface area contributed by atoms with Gasteiger partial charge in [-0.25, -0.2) is 8.42 Å². The van der Waals surface area contributed by atoms with Crippen LogP contribution in [0.2, 0.25) is 0 Å². The topological polar surface area (TPSA) is 75.7 Å². The van der Waals surface area contributed by atoms with Crippen molar-refractivity contribution in [1.82, 2.24) is 4.31 Å². The van der Waals surface area contributed by atoms with Gasteiger partial charge in [-0.3, -0.25) is 4.79 Å². The highest BCUT2D eigenvalue weighted by molar-refractivity contribution is 7.99. The molecule has 0 radical (unpaired) electrons. The number of hydrogen-bond acceptors (Lipinski definition) is 5. The zero-order valence-electron chi connectivity index (χ0n) is 18.2. The minimum atomic E-state index is -3.62. The molecule has 0 atom stereocenters. The Bertz CT molecular complexity index is 987. The molecule has 0 aliphatic carbocycles. The highest BCUT2D eigenvalue weighted by Gasteiger charge is 2.23. The molecular weight excluding hydrogens is 420 g/mol. The van der Waals surface area contributed by atoms with E-state index in [9.17, 15) is 13.2 Å². The van der Waals surface area contributed by atoms with Crippen LogP contribution in [0.15, 0.2) is 46.2 Å². The zero-order chi connectivity index (χ0) is 22.3. The van der Waals surface area contributed by atoms with Crippen LogP contribution >= 0.6 is 11.8 Å². The van der Waals surface area contributed by atoms with E-state index in [-0.39, 0.29) is 10.8 Å². The molecule has 1 amide bonds. The molecule has 0 saturated carbocycles. The largest absolute Gasteiger partial charge is 0.495 e. The summed E-state index contributed by atoms with van der Waals surface area (Å²) in [7, 11) is -2.14. The normalized spacial score (nSPS) is 11.5. The van der Waals surface area contributed by atoms with E-state index in [0.717, 1.165) is 4.90 Å². The van der Waals surface area contributed by atoms with Crippen molar-refractivity contribution in [3.63, 3.8) is 0 Å². The number of carbonyl (C=O) groups excluding carboxylic acids is 1. The third kappa shape index (κ3) is 6.00. The van der Waals surface area contributed by atoms with E-state index in [2.05, 4.69) is 37.4 Å². The molecule has 0 bridgehead atoms. The Labute approximate surface area is 184 Å². The smallest absolute Gasteiger partial charge is 0.243 e. The van der Waals surface area contributed by atoms with E-state index in [4.69, 9.17) is 4.74 Å². The van der Waals surface area contributed by atoms with Gasteiger partial charge in [0.25, 0.3) is 0 Å². The monoisotopic (exact) mass is 450 g/mol. The lowest BCUT2D eigenvalue weighted by molar-refractivity contribution is -0.115. The minimum absolute atomic E-state index is 0.131. The number of amides is 1. The molecule has 0 unspecified atom stereocenters. The average molecular weight is 451 g/mol. The van der Waals surface area contributed by atoms with E-state index >= 15 is 0 Å². The Morgan fingerprint density at radius 3 is 2.37 bits per heavy atom. The summed E-state index contributed by atoms with van der Waals surface area (Å²) in [6.45, 7) is 8.47. The van der Waals surface area contributed by atoms with Gasteiger partial charge in [0, 0.05) is 30.2 Å². The van der Waals surface area contributed by atoms with Gasteiger partial charge >= 0.3 is 0 Å². The van der Waals surface area contributed by atoms with Gasteiger partial charge in [0.1, 0.15) is 5.75 Å². The summed E-state index contributed by atoms with van der Waals surface area (Å²) in [6, 6.07) is 10.8. The summed E-state index contributed by atoms with van der Waals surface area (Å²) < 4.78 is 32.2. The Morgan fingerprint density at radius 2 is 1.77 bits per heavy atom. The van der Waals surface area contributed by atoms with Gasteiger partial charge in [0.05, 0.1) is 17.7 Å². The molecule has 0 fully saturated rings. The van der Waals surface area contributed by atoms with Crippen LogP contribution in [-0.4, -0.2) is 44.6 Å². The summed E-state index contributed by atoms with van der Waals surface area (Å²) in [4.78, 5) is 13.7. The molecule has 0 spiro atoms. The number of benzene rings is 2. The molecule has 1 N–H and O–H groups in total. The van der Waals surface area contributed by atoms with Gasteiger partial charge in [0.15, 0.2) is 0 Å². The van der Waals surface area contributed by atoms with Crippen LogP contribution in [0, 0.1) is 13.8 Å². The lowest BCUT2D eigenvalue weighted by atomic mass is 10.1. The second kappa shape index (κ2) is 10.8. The summed E-state index contributed by atoms with van der Waals surface area (Å²) in [6.07, 6.45) is 0.299. The van der Waals surface area contributed by atoms with Crippen LogP contribution in [0.25, 0.3) is 0 Å². The number of carbonyl (C=O) groups is 1. The summed E-state index contributed by atoms with van der Waals surface area (Å²) >= 11 is 1.61. The molecule has 0 aliphatic rings. The van der Waals surface area contributed by atoms with Crippen molar-refractivity contribution in [2.45, 2.75) is 43.9 Å². The van der Waals surface area contributed by atoms with Crippen molar-refractivity contribution in [2.75, 3.05) is 31.3 Å². The molecular formula is C22H30N2O4S2. The van der Waals surface area contributed by atoms with Crippen LogP contribution in [0.1, 0.15) is 31.4 Å². The number of anilines is 1. The van der Waals surface area contributed by atoms with Gasteiger partial charge < -0.3 is 10.1 Å². The molecule has 6 nitrogen and oxygen atoms in total. The third-order valence-electron chi connectivity index (χ3n) is 4.86. The number of hydrogen-bond donors (Lipinski definition) is 1. The van der Waals surface area contributed by atoms with Gasteiger partial charge in [0.2, 0.25) is 15.9 Å². The first-order valence-corrected chi connectivity index (χ1v) is 12.3. The number of nitrogens with zero attached hydrogens (tertiary/aromatic N) is 1. The van der Waals surface area contributed by atoms with Crippen LogP contribution in [0.4, 0.5) is 5.69 Å². The molecule has 0 aromatic heterocycles. The fourth-order valence-corrected chi connectivity index (χ4v) is 5.37. The molecule has 2 aromatic rings. The number of methoxy groups -OCH3 is 1. The van der Waals surface area contributed by atoms with Crippen molar-refractivity contribution >= 4 is 33.4 Å². The molecule has 8 heteroatoms. The average Bonchev–Trinajstić information content (AvgIpc) is 2.71. The van der Waals surface area contributed by atoms with Gasteiger partial charge in [-0.15, -0.1) is 11.8 Å². The Morgan fingerprint density at radius 1 is 1.07 bits per heavy atom. The molecule has 164 valence electrons. The van der Waals surface area contributed by atoms with Crippen molar-refractivity contribution in [3.05, 3.63) is 47.5 Å². The lowest BCUT2D eigenvalue weighted by Crippen LogP contribution is -2.30. The van der Waals surface area contributed by atoms with Crippen LogP contribution in [0.3, 0.4) is 0 Å². The Balaban J connectivity index is 2.08. The van der Waals surface area contributed by atoms with Gasteiger partial charge in [-0.05, 0) is 55.3 Å². The van der Waals surface area contributed by atoms with Crippen molar-refractivity contribution in [2.24, 2.45) is 0 Å². The van der Waals surface area contributed by atoms with Crippen LogP contribution in [-0.2, 0) is 14.8 Å². The highest BCUT2D eigenvalue weighted by Crippen LogP contribution is 2.29. The zero-order valence-corrected chi connectivity index (χ0v) is 19.8. The second-order valence-electron chi connectivity index (χ2n) is 6.84. The Kier molecular flexibility index (Phi) is 8.76. The first-order valence-electron chi connectivity index (χ1n) is 9.91. The maximum Gasteiger partial charge on any atom is 0.243 e. The SMILES string of the molecule is CCN(CC)S(=O)(=O)c1ccc(OC)c(NC(=O)CCSc2ccc(C)c(C)c2)c1. The standard InChI is InChI=1S/C22H30N2O4S2/c1-6-24(7-2)30(26,27)19-10-11-21(28-5)20(15-19)23-22(25)12-13-29-18-9-8-16(3)17(4)14-18/h8-11,14-15H,6-7,12-13H2,1-5H3,(H,23,25). The van der Waals surface area contributed by atoms with E-state index < -0.39 is 10.0 Å². The van der Waals surface area contributed by atoms with Crippen LogP contribution in [0.5, 0.6) is 5.75 Å². The fourth-order valence-electron chi connectivity index (χ4n) is 2.94. The summed E-state index contributed by atoms with van der Waals surface area (Å²) in [5.41, 5.74) is 2.82. The van der Waals surface area contributed by atoms with Gasteiger partial charge in [-0.2, -0.15) is 4.31 Å². The van der Waals surface area contributed by atoms with Crippen LogP contribution < -0.4 is 10.1 Å². The van der Waals surface area contributed by atoms with Gasteiger partial charge in [-0.1, -0.05) is 19.9 Å². The van der Waals surface area contributed by atoms with E-state index in [0.29, 0.717) is 36.7 Å². The molecule has 0 saturated heterocycles. The van der Waals surface area contributed by atoms with E-state index in [1.54, 1.807) is 31.7 Å². The number of ether oxygens (including phenoxy) is 1. The van der Waals surface area contributed by atoms with E-state index in [1.165, 1.54) is 34.7 Å². The molecule has 2 aromatic carbocycles. The molecule has 30 heavy (non-hydrogen) atoms. The third-order valence-corrected chi connectivity index (χ3v) is 7.91. The second-order valence-corrected chi connectivity index (χ2v) is 9.95. The minimum Gasteiger partial charge on any atom is -0.495 e. The maximum absolute atomic E-state index is 12.8. The van der Waals surface area contributed by atoms with Crippen molar-refractivity contribution in [3.8, 4) is 5.75 Å². The number of aryl methyl sites for hydroxylation is 2. The first-order chi connectivity index (χ1) is 14.2. The molecule has 0 aliphatic heterocycles. The summed E-state index contributed by atoms with van der Waals surface area (Å²) in [5, 5.41) is 2.80. The quantitative estimate of drug-likeness (QED) is 0.541. The Hall–Kier alpha value is -2.03. The fraction of sp³-hybridized carbons (Fsp3) is 0.409. The predicted molar refractivity (Wildman–Crippen MR) is 123 cm³/mol. The summed E-state index contributed by atoms with van der Waals surface area (Å²) in [5.74, 6) is 0.847. The van der Waals surface area contributed by atoms with Crippen molar-refractivity contribution < 1.29 is 17.9 Å². The number of sulfonamides is 1. The molecule has 0 heterocycles. The highest BCUT2D eigenvalue weighted by atomic mass is 32.2. The number of thioether (sulfide) groups is 1.